The van der Waals surface area contributed by atoms with Crippen molar-refractivity contribution < 1.29 is 9.53 Å². The van der Waals surface area contributed by atoms with Crippen LogP contribution in [0.5, 0.6) is 0 Å². The molecule has 0 aromatic rings. The normalized spacial score (nSPS) is 23.1. The molecule has 0 saturated carbocycles. The highest BCUT2D eigenvalue weighted by Crippen LogP contribution is 2.29. The van der Waals surface area contributed by atoms with Crippen molar-refractivity contribution in [2.45, 2.75) is 66.0 Å². The molecular weight excluding hydrogens is 240 g/mol. The molecule has 1 rings (SSSR count). The van der Waals surface area contributed by atoms with Crippen LogP contribution in [0.3, 0.4) is 0 Å². The quantitative estimate of drug-likeness (QED) is 0.797. The number of likely N-dealkylation sites (tertiary alicyclic amines) is 1. The molecule has 1 aliphatic heterocycles. The second kappa shape index (κ2) is 5.70. The molecule has 2 atom stereocenters. The van der Waals surface area contributed by atoms with Gasteiger partial charge in [-0.05, 0) is 44.9 Å². The van der Waals surface area contributed by atoms with Crippen molar-refractivity contribution >= 4 is 6.09 Å². The van der Waals surface area contributed by atoms with Crippen LogP contribution in [0.2, 0.25) is 0 Å². The van der Waals surface area contributed by atoms with E-state index in [4.69, 9.17) is 10.5 Å². The second-order valence-corrected chi connectivity index (χ2v) is 7.72. The minimum atomic E-state index is -0.434. The highest BCUT2D eigenvalue weighted by atomic mass is 16.6. The number of ether oxygens (including phenoxy) is 1. The monoisotopic (exact) mass is 270 g/mol. The Labute approximate surface area is 117 Å². The average Bonchev–Trinajstić information content (AvgIpc) is 2.24. The van der Waals surface area contributed by atoms with Gasteiger partial charge in [0.05, 0.1) is 0 Å². The van der Waals surface area contributed by atoms with E-state index in [1.807, 2.05) is 25.7 Å². The summed E-state index contributed by atoms with van der Waals surface area (Å²) in [7, 11) is 0. The van der Waals surface area contributed by atoms with E-state index in [0.717, 1.165) is 19.4 Å². The largest absolute Gasteiger partial charge is 0.444 e. The Morgan fingerprint density at radius 3 is 2.32 bits per heavy atom. The van der Waals surface area contributed by atoms with Crippen molar-refractivity contribution in [3.63, 3.8) is 0 Å². The number of hydrogen-bond acceptors (Lipinski definition) is 3. The molecule has 2 N–H and O–H groups in total. The number of nitrogens with zero attached hydrogens (tertiary/aromatic N) is 1. The zero-order valence-electron chi connectivity index (χ0n) is 13.3. The van der Waals surface area contributed by atoms with Crippen molar-refractivity contribution in [3.05, 3.63) is 0 Å². The SMILES string of the molecule is CC(C)(C)OC(=O)N1CCC[C@H]([C@@H](N)C(C)(C)C)C1. The summed E-state index contributed by atoms with van der Waals surface area (Å²) in [6.07, 6.45) is 1.89. The molecule has 0 radical (unpaired) electrons. The van der Waals surface area contributed by atoms with Crippen LogP contribution < -0.4 is 5.73 Å². The van der Waals surface area contributed by atoms with Crippen molar-refractivity contribution in [2.75, 3.05) is 13.1 Å². The van der Waals surface area contributed by atoms with Gasteiger partial charge in [0.15, 0.2) is 0 Å². The summed E-state index contributed by atoms with van der Waals surface area (Å²) < 4.78 is 5.44. The Morgan fingerprint density at radius 2 is 1.84 bits per heavy atom. The summed E-state index contributed by atoms with van der Waals surface area (Å²) in [6, 6.07) is 0.109. The van der Waals surface area contributed by atoms with Crippen LogP contribution in [-0.4, -0.2) is 35.7 Å². The van der Waals surface area contributed by atoms with E-state index in [1.165, 1.54) is 0 Å². The van der Waals surface area contributed by atoms with Gasteiger partial charge in [-0.3, -0.25) is 0 Å². The fourth-order valence-electron chi connectivity index (χ4n) is 2.50. The molecule has 19 heavy (non-hydrogen) atoms. The predicted octanol–water partition coefficient (Wildman–Crippen LogP) is 3.01. The molecule has 0 bridgehead atoms. The van der Waals surface area contributed by atoms with Gasteiger partial charge in [-0.15, -0.1) is 0 Å². The van der Waals surface area contributed by atoms with E-state index in [1.54, 1.807) is 0 Å². The summed E-state index contributed by atoms with van der Waals surface area (Å²) in [6.45, 7) is 13.7. The number of rotatable bonds is 1. The summed E-state index contributed by atoms with van der Waals surface area (Å²) in [4.78, 5) is 13.9. The zero-order chi connectivity index (χ0) is 14.8. The predicted molar refractivity (Wildman–Crippen MR) is 78.0 cm³/mol. The van der Waals surface area contributed by atoms with E-state index < -0.39 is 5.60 Å². The molecule has 1 fully saturated rings. The number of piperidine rings is 1. The first kappa shape index (κ1) is 16.3. The lowest BCUT2D eigenvalue weighted by Crippen LogP contribution is -2.51. The molecule has 1 aliphatic rings. The van der Waals surface area contributed by atoms with Crippen LogP contribution in [0, 0.1) is 11.3 Å². The molecule has 0 spiro atoms. The Hall–Kier alpha value is -0.770. The lowest BCUT2D eigenvalue weighted by atomic mass is 9.76. The van der Waals surface area contributed by atoms with E-state index in [9.17, 15) is 4.79 Å². The van der Waals surface area contributed by atoms with Gasteiger partial charge in [-0.25, -0.2) is 4.79 Å². The minimum absolute atomic E-state index is 0.0710. The molecule has 1 amide bonds. The summed E-state index contributed by atoms with van der Waals surface area (Å²) in [5.74, 6) is 0.362. The van der Waals surface area contributed by atoms with E-state index >= 15 is 0 Å². The van der Waals surface area contributed by atoms with Gasteiger partial charge >= 0.3 is 6.09 Å². The third-order valence-electron chi connectivity index (χ3n) is 3.62. The van der Waals surface area contributed by atoms with Gasteiger partial charge in [0.2, 0.25) is 0 Å². The highest BCUT2D eigenvalue weighted by molar-refractivity contribution is 5.68. The van der Waals surface area contributed by atoms with Crippen LogP contribution in [0.1, 0.15) is 54.4 Å². The van der Waals surface area contributed by atoms with Gasteiger partial charge < -0.3 is 15.4 Å². The highest BCUT2D eigenvalue weighted by Gasteiger charge is 2.34. The molecule has 1 heterocycles. The first-order valence-corrected chi connectivity index (χ1v) is 7.24. The second-order valence-electron chi connectivity index (χ2n) is 7.72. The van der Waals surface area contributed by atoms with Crippen molar-refractivity contribution in [1.29, 1.82) is 0 Å². The maximum Gasteiger partial charge on any atom is 0.410 e. The smallest absolute Gasteiger partial charge is 0.410 e. The topological polar surface area (TPSA) is 55.6 Å². The lowest BCUT2D eigenvalue weighted by molar-refractivity contribution is 0.0124. The van der Waals surface area contributed by atoms with E-state index in [0.29, 0.717) is 12.5 Å². The van der Waals surface area contributed by atoms with Crippen molar-refractivity contribution in [3.8, 4) is 0 Å². The lowest BCUT2D eigenvalue weighted by Gasteiger charge is -2.40. The number of hydrogen-bond donors (Lipinski definition) is 1. The molecule has 0 unspecified atom stereocenters. The summed E-state index contributed by atoms with van der Waals surface area (Å²) >= 11 is 0. The fraction of sp³-hybridized carbons (Fsp3) is 0.933. The number of amides is 1. The van der Waals surface area contributed by atoms with Crippen molar-refractivity contribution in [1.82, 2.24) is 4.90 Å². The summed E-state index contributed by atoms with van der Waals surface area (Å²) in [5.41, 5.74) is 5.97. The van der Waals surface area contributed by atoms with E-state index in [-0.39, 0.29) is 17.6 Å². The molecule has 0 aliphatic carbocycles. The first-order chi connectivity index (χ1) is 8.50. The van der Waals surface area contributed by atoms with Gasteiger partial charge in [-0.1, -0.05) is 20.8 Å². The zero-order valence-corrected chi connectivity index (χ0v) is 13.3. The molecule has 0 aromatic heterocycles. The first-order valence-electron chi connectivity index (χ1n) is 7.24. The maximum absolute atomic E-state index is 12.1. The standard InChI is InChI=1S/C15H30N2O2/c1-14(2,3)12(16)11-8-7-9-17(10-11)13(18)19-15(4,5)6/h11-12H,7-10,16H2,1-6H3/t11-,12+/m0/s1. The van der Waals surface area contributed by atoms with Gasteiger partial charge in [0.25, 0.3) is 0 Å². The summed E-state index contributed by atoms with van der Waals surface area (Å²) in [5, 5.41) is 0. The van der Waals surface area contributed by atoms with Crippen LogP contribution in [0.25, 0.3) is 0 Å². The van der Waals surface area contributed by atoms with Crippen LogP contribution in [-0.2, 0) is 4.74 Å². The van der Waals surface area contributed by atoms with E-state index in [2.05, 4.69) is 20.8 Å². The Balaban J connectivity index is 2.62. The molecule has 4 nitrogen and oxygen atoms in total. The van der Waals surface area contributed by atoms with Gasteiger partial charge in [0, 0.05) is 19.1 Å². The van der Waals surface area contributed by atoms with Crippen molar-refractivity contribution in [2.24, 2.45) is 17.1 Å². The maximum atomic E-state index is 12.1. The molecule has 112 valence electrons. The van der Waals surface area contributed by atoms with Crippen LogP contribution >= 0.6 is 0 Å². The molecule has 1 saturated heterocycles. The molecule has 4 heteroatoms. The number of carbonyl (C=O) groups excluding carboxylic acids is 1. The van der Waals surface area contributed by atoms with Crippen LogP contribution in [0.15, 0.2) is 0 Å². The average molecular weight is 270 g/mol. The number of nitrogens with two attached hydrogens (primary N) is 1. The minimum Gasteiger partial charge on any atom is -0.444 e. The van der Waals surface area contributed by atoms with Crippen LogP contribution in [0.4, 0.5) is 4.79 Å². The van der Waals surface area contributed by atoms with Gasteiger partial charge in [-0.2, -0.15) is 0 Å². The Morgan fingerprint density at radius 1 is 1.26 bits per heavy atom. The third-order valence-corrected chi connectivity index (χ3v) is 3.62. The molecular formula is C15H30N2O2. The molecule has 0 aromatic carbocycles. The fourth-order valence-corrected chi connectivity index (χ4v) is 2.50. The number of carbonyl (C=O) groups is 1. The Kier molecular flexibility index (Phi) is 4.88. The third kappa shape index (κ3) is 5.01. The van der Waals surface area contributed by atoms with Gasteiger partial charge in [0.1, 0.15) is 5.60 Å². The Bertz CT molecular complexity index is 315.